The number of nitrogens with one attached hydrogen (secondary N) is 2. The van der Waals surface area contributed by atoms with Crippen LogP contribution in [-0.2, 0) is 17.9 Å². The zero-order chi connectivity index (χ0) is 22.5. The van der Waals surface area contributed by atoms with Crippen LogP contribution < -0.4 is 10.6 Å². The van der Waals surface area contributed by atoms with Crippen LogP contribution in [0.5, 0.6) is 0 Å². The van der Waals surface area contributed by atoms with E-state index in [1.165, 1.54) is 11.8 Å². The van der Waals surface area contributed by atoms with E-state index in [2.05, 4.69) is 20.8 Å². The van der Waals surface area contributed by atoms with E-state index in [1.54, 1.807) is 0 Å². The van der Waals surface area contributed by atoms with Crippen LogP contribution in [0.2, 0.25) is 5.02 Å². The normalized spacial score (nSPS) is 12.0. The first kappa shape index (κ1) is 22.2. The summed E-state index contributed by atoms with van der Waals surface area (Å²) in [4.78, 5) is 12.9. The van der Waals surface area contributed by atoms with Gasteiger partial charge in [0.15, 0.2) is 11.0 Å². The first-order valence-electron chi connectivity index (χ1n) is 10.4. The van der Waals surface area contributed by atoms with Crippen molar-refractivity contribution in [1.82, 2.24) is 14.8 Å². The molecule has 0 radical (unpaired) electrons. The van der Waals surface area contributed by atoms with Crippen LogP contribution in [0.4, 0.5) is 11.4 Å². The third-order valence-corrected chi connectivity index (χ3v) is 6.40. The Hall–Kier alpha value is -3.03. The molecule has 0 spiro atoms. The molecule has 0 aliphatic rings. The maximum absolute atomic E-state index is 12.9. The summed E-state index contributed by atoms with van der Waals surface area (Å²) in [5, 5.41) is 18.2. The minimum absolute atomic E-state index is 0.0735. The van der Waals surface area contributed by atoms with Crippen molar-refractivity contribution in [1.29, 1.82) is 0 Å². The number of fused-ring (bicyclic) bond motifs is 1. The van der Waals surface area contributed by atoms with Crippen molar-refractivity contribution < 1.29 is 4.79 Å². The second kappa shape index (κ2) is 10.1. The number of rotatable bonds is 8. The summed E-state index contributed by atoms with van der Waals surface area (Å²) in [6.07, 6.45) is 0. The highest BCUT2D eigenvalue weighted by molar-refractivity contribution is 8.00. The van der Waals surface area contributed by atoms with Crippen molar-refractivity contribution in [2.45, 2.75) is 37.3 Å². The van der Waals surface area contributed by atoms with Crippen molar-refractivity contribution in [3.05, 3.63) is 77.6 Å². The Kier molecular flexibility index (Phi) is 6.97. The molecule has 3 aromatic carbocycles. The van der Waals surface area contributed by atoms with E-state index in [9.17, 15) is 4.79 Å². The molecule has 0 saturated heterocycles. The molecule has 1 heterocycles. The van der Waals surface area contributed by atoms with Gasteiger partial charge in [0.25, 0.3) is 0 Å². The van der Waals surface area contributed by atoms with E-state index in [-0.39, 0.29) is 11.2 Å². The summed E-state index contributed by atoms with van der Waals surface area (Å²) in [6, 6.07) is 21.5. The third-order valence-electron chi connectivity index (χ3n) is 5.08. The number of aromatic nitrogens is 3. The van der Waals surface area contributed by atoms with Gasteiger partial charge in [-0.05, 0) is 43.5 Å². The summed E-state index contributed by atoms with van der Waals surface area (Å²) < 4.78 is 2.02. The van der Waals surface area contributed by atoms with E-state index < -0.39 is 0 Å². The molecule has 1 aromatic heterocycles. The van der Waals surface area contributed by atoms with Gasteiger partial charge < -0.3 is 15.2 Å². The monoisotopic (exact) mass is 465 g/mol. The largest absolute Gasteiger partial charge is 0.378 e. The number of hydrogen-bond acceptors (Lipinski definition) is 5. The number of hydrogen-bond donors (Lipinski definition) is 2. The minimum Gasteiger partial charge on any atom is -0.378 e. The van der Waals surface area contributed by atoms with Gasteiger partial charge in [0.05, 0.1) is 11.8 Å². The zero-order valence-electron chi connectivity index (χ0n) is 17.9. The SMILES string of the molecule is CCn1c(CNc2cccc(Cl)c2)nnc1S[C@H](C)C(=O)Nc1cccc2ccccc12. The number of amides is 1. The first-order valence-corrected chi connectivity index (χ1v) is 11.7. The highest BCUT2D eigenvalue weighted by Gasteiger charge is 2.20. The van der Waals surface area contributed by atoms with Gasteiger partial charge in [-0.2, -0.15) is 0 Å². The fourth-order valence-electron chi connectivity index (χ4n) is 3.41. The Balaban J connectivity index is 1.43. The number of thioether (sulfide) groups is 1. The standard InChI is InChI=1S/C24H24ClN5OS/c1-3-30-22(15-26-19-11-7-10-18(25)14-19)28-29-24(30)32-16(2)23(31)27-21-13-6-9-17-8-4-5-12-20(17)21/h4-14,16,26H,3,15H2,1-2H3,(H,27,31)/t16-/m1/s1. The number of carbonyl (C=O) groups excluding carboxylic acids is 1. The molecule has 0 saturated carbocycles. The fourth-order valence-corrected chi connectivity index (χ4v) is 4.54. The maximum atomic E-state index is 12.9. The van der Waals surface area contributed by atoms with Crippen LogP contribution in [0.1, 0.15) is 19.7 Å². The lowest BCUT2D eigenvalue weighted by molar-refractivity contribution is -0.115. The van der Waals surface area contributed by atoms with Crippen LogP contribution >= 0.6 is 23.4 Å². The Morgan fingerprint density at radius 2 is 1.88 bits per heavy atom. The quantitative estimate of drug-likeness (QED) is 0.320. The lowest BCUT2D eigenvalue weighted by atomic mass is 10.1. The first-order chi connectivity index (χ1) is 15.5. The summed E-state index contributed by atoms with van der Waals surface area (Å²) in [7, 11) is 0. The highest BCUT2D eigenvalue weighted by atomic mass is 35.5. The summed E-state index contributed by atoms with van der Waals surface area (Å²) >= 11 is 7.45. The van der Waals surface area contributed by atoms with Crippen LogP contribution in [0, 0.1) is 0 Å². The van der Waals surface area contributed by atoms with Gasteiger partial charge in [-0.3, -0.25) is 4.79 Å². The van der Waals surface area contributed by atoms with Crippen LogP contribution in [0.15, 0.2) is 71.9 Å². The van der Waals surface area contributed by atoms with E-state index in [0.29, 0.717) is 18.1 Å². The lowest BCUT2D eigenvalue weighted by Crippen LogP contribution is -2.23. The molecule has 8 heteroatoms. The Morgan fingerprint density at radius 3 is 2.69 bits per heavy atom. The molecule has 0 unspecified atom stereocenters. The number of benzene rings is 3. The molecule has 4 aromatic rings. The third kappa shape index (κ3) is 5.06. The number of carbonyl (C=O) groups is 1. The van der Waals surface area contributed by atoms with Gasteiger partial charge in [-0.1, -0.05) is 65.8 Å². The summed E-state index contributed by atoms with van der Waals surface area (Å²) in [5.74, 6) is 0.729. The minimum atomic E-state index is -0.336. The molecule has 6 nitrogen and oxygen atoms in total. The molecule has 0 bridgehead atoms. The number of halogens is 1. The molecule has 4 rings (SSSR count). The van der Waals surface area contributed by atoms with E-state index >= 15 is 0 Å². The predicted molar refractivity (Wildman–Crippen MR) is 132 cm³/mol. The van der Waals surface area contributed by atoms with Crippen LogP contribution in [0.3, 0.4) is 0 Å². The van der Waals surface area contributed by atoms with Crippen molar-refractivity contribution in [2.24, 2.45) is 0 Å². The molecule has 0 aliphatic carbocycles. The molecule has 1 amide bonds. The molecule has 0 aliphatic heterocycles. The van der Waals surface area contributed by atoms with Crippen LogP contribution in [0.25, 0.3) is 10.8 Å². The molecule has 164 valence electrons. The average Bonchev–Trinajstić information content (AvgIpc) is 3.19. The second-order valence-electron chi connectivity index (χ2n) is 7.28. The van der Waals surface area contributed by atoms with E-state index in [0.717, 1.165) is 33.1 Å². The lowest BCUT2D eigenvalue weighted by Gasteiger charge is -2.14. The second-order valence-corrected chi connectivity index (χ2v) is 9.03. The molecule has 0 fully saturated rings. The predicted octanol–water partition coefficient (Wildman–Crippen LogP) is 5.84. The van der Waals surface area contributed by atoms with E-state index in [1.807, 2.05) is 85.1 Å². The fraction of sp³-hybridized carbons (Fsp3) is 0.208. The molecule has 1 atom stereocenters. The smallest absolute Gasteiger partial charge is 0.237 e. The van der Waals surface area contributed by atoms with Gasteiger partial charge in [-0.15, -0.1) is 10.2 Å². The average molecular weight is 466 g/mol. The maximum Gasteiger partial charge on any atom is 0.237 e. The molecular formula is C24H24ClN5OS. The van der Waals surface area contributed by atoms with E-state index in [4.69, 9.17) is 11.6 Å². The molecular weight excluding hydrogens is 442 g/mol. The van der Waals surface area contributed by atoms with Gasteiger partial charge >= 0.3 is 0 Å². The summed E-state index contributed by atoms with van der Waals surface area (Å²) in [6.45, 7) is 5.14. The highest BCUT2D eigenvalue weighted by Crippen LogP contribution is 2.27. The Labute approximate surface area is 196 Å². The Morgan fingerprint density at radius 1 is 1.09 bits per heavy atom. The van der Waals surface area contributed by atoms with Crippen molar-refractivity contribution >= 4 is 51.4 Å². The number of anilines is 2. The van der Waals surface area contributed by atoms with Gasteiger partial charge in [-0.25, -0.2) is 0 Å². The van der Waals surface area contributed by atoms with Gasteiger partial charge in [0.2, 0.25) is 5.91 Å². The Bertz CT molecular complexity index is 1240. The van der Waals surface area contributed by atoms with Crippen molar-refractivity contribution in [3.8, 4) is 0 Å². The molecule has 32 heavy (non-hydrogen) atoms. The number of nitrogens with zero attached hydrogens (tertiary/aromatic N) is 3. The topological polar surface area (TPSA) is 71.8 Å². The van der Waals surface area contributed by atoms with Crippen LogP contribution in [-0.4, -0.2) is 25.9 Å². The molecule has 2 N–H and O–H groups in total. The van der Waals surface area contributed by atoms with Crippen molar-refractivity contribution in [2.75, 3.05) is 10.6 Å². The zero-order valence-corrected chi connectivity index (χ0v) is 19.5. The van der Waals surface area contributed by atoms with Gasteiger partial charge in [0.1, 0.15) is 0 Å². The van der Waals surface area contributed by atoms with Crippen molar-refractivity contribution in [3.63, 3.8) is 0 Å². The summed E-state index contributed by atoms with van der Waals surface area (Å²) in [5.41, 5.74) is 1.73. The van der Waals surface area contributed by atoms with Gasteiger partial charge in [0, 0.05) is 28.3 Å².